The van der Waals surface area contributed by atoms with Crippen LogP contribution in [-0.4, -0.2) is 35.4 Å². The minimum Gasteiger partial charge on any atom is -0.484 e. The number of benzene rings is 2. The maximum atomic E-state index is 13.1. The van der Waals surface area contributed by atoms with E-state index in [0.29, 0.717) is 10.8 Å². The minimum absolute atomic E-state index is 0.0203. The Morgan fingerprint density at radius 1 is 1.13 bits per heavy atom. The van der Waals surface area contributed by atoms with Crippen molar-refractivity contribution in [3.63, 3.8) is 0 Å². The molecule has 2 aromatic carbocycles. The van der Waals surface area contributed by atoms with Crippen LogP contribution in [0.1, 0.15) is 37.5 Å². The van der Waals surface area contributed by atoms with Gasteiger partial charge in [0.05, 0.1) is 0 Å². The number of nitrogens with zero attached hydrogens (tertiary/aromatic N) is 1. The highest BCUT2D eigenvalue weighted by molar-refractivity contribution is 9.10. The first-order valence-electron chi connectivity index (χ1n) is 9.82. The molecule has 0 unspecified atom stereocenters. The number of carbonyl (C=O) groups excluding carboxylic acids is 2. The average Bonchev–Trinajstić information content (AvgIpc) is 2.67. The van der Waals surface area contributed by atoms with Crippen LogP contribution < -0.4 is 10.1 Å². The standard InChI is InChI=1S/C23H28BrClN2O3/c1-14(2)26-23(29)17(5)27(12-18-7-6-8-19(25)11-18)21(28)13-30-20-9-15(3)22(24)16(4)10-20/h6-11,14,17H,12-13H2,1-5H3,(H,26,29)/t17-/m0/s1. The van der Waals surface area contributed by atoms with Crippen molar-refractivity contribution in [3.8, 4) is 5.75 Å². The summed E-state index contributed by atoms with van der Waals surface area (Å²) in [6, 6.07) is 10.3. The minimum atomic E-state index is -0.657. The van der Waals surface area contributed by atoms with Crippen LogP contribution in [0.15, 0.2) is 40.9 Å². The lowest BCUT2D eigenvalue weighted by atomic mass is 10.1. The van der Waals surface area contributed by atoms with E-state index in [9.17, 15) is 9.59 Å². The summed E-state index contributed by atoms with van der Waals surface area (Å²) in [5.74, 6) is 0.124. The summed E-state index contributed by atoms with van der Waals surface area (Å²) in [6.07, 6.45) is 0. The number of aryl methyl sites for hydroxylation is 2. The second-order valence-corrected chi connectivity index (χ2v) is 8.88. The van der Waals surface area contributed by atoms with Gasteiger partial charge in [0.15, 0.2) is 6.61 Å². The van der Waals surface area contributed by atoms with Crippen LogP contribution in [0.25, 0.3) is 0 Å². The zero-order valence-corrected chi connectivity index (χ0v) is 20.3. The number of hydrogen-bond acceptors (Lipinski definition) is 3. The molecule has 1 N–H and O–H groups in total. The van der Waals surface area contributed by atoms with Crippen molar-refractivity contribution in [2.45, 2.75) is 53.2 Å². The topological polar surface area (TPSA) is 58.6 Å². The van der Waals surface area contributed by atoms with Gasteiger partial charge in [-0.15, -0.1) is 0 Å². The maximum Gasteiger partial charge on any atom is 0.261 e. The third-order valence-electron chi connectivity index (χ3n) is 4.61. The third kappa shape index (κ3) is 6.74. The summed E-state index contributed by atoms with van der Waals surface area (Å²) in [5, 5.41) is 3.44. The second-order valence-electron chi connectivity index (χ2n) is 7.65. The quantitative estimate of drug-likeness (QED) is 0.558. The predicted octanol–water partition coefficient (Wildman–Crippen LogP) is 5.04. The molecule has 162 valence electrons. The Labute approximate surface area is 191 Å². The van der Waals surface area contributed by atoms with Gasteiger partial charge in [0.2, 0.25) is 5.91 Å². The van der Waals surface area contributed by atoms with Gasteiger partial charge < -0.3 is 15.0 Å². The molecule has 2 rings (SSSR count). The Kier molecular flexibility index (Phi) is 8.74. The first-order valence-corrected chi connectivity index (χ1v) is 11.0. The molecule has 0 radical (unpaired) electrons. The van der Waals surface area contributed by atoms with Crippen molar-refractivity contribution in [3.05, 3.63) is 62.6 Å². The zero-order valence-electron chi connectivity index (χ0n) is 18.0. The van der Waals surface area contributed by atoms with Crippen molar-refractivity contribution in [1.29, 1.82) is 0 Å². The molecule has 0 aromatic heterocycles. The molecule has 0 bridgehead atoms. The number of amides is 2. The Bertz CT molecular complexity index is 894. The van der Waals surface area contributed by atoms with Crippen LogP contribution in [-0.2, 0) is 16.1 Å². The molecule has 0 saturated carbocycles. The van der Waals surface area contributed by atoms with Gasteiger partial charge in [0.1, 0.15) is 11.8 Å². The maximum absolute atomic E-state index is 13.1. The van der Waals surface area contributed by atoms with E-state index in [0.717, 1.165) is 21.2 Å². The number of rotatable bonds is 8. The van der Waals surface area contributed by atoms with Crippen molar-refractivity contribution in [2.75, 3.05) is 6.61 Å². The SMILES string of the molecule is Cc1cc(OCC(=O)N(Cc2cccc(Cl)c2)[C@@H](C)C(=O)NC(C)C)cc(C)c1Br. The van der Waals surface area contributed by atoms with Gasteiger partial charge in [-0.2, -0.15) is 0 Å². The molecule has 7 heteroatoms. The largest absolute Gasteiger partial charge is 0.484 e. The van der Waals surface area contributed by atoms with Gasteiger partial charge in [-0.1, -0.05) is 39.7 Å². The van der Waals surface area contributed by atoms with Gasteiger partial charge in [0, 0.05) is 22.1 Å². The predicted molar refractivity (Wildman–Crippen MR) is 124 cm³/mol. The van der Waals surface area contributed by atoms with Crippen molar-refractivity contribution in [2.24, 2.45) is 0 Å². The lowest BCUT2D eigenvalue weighted by Crippen LogP contribution is -2.50. The first-order chi connectivity index (χ1) is 14.1. The first kappa shape index (κ1) is 24.2. The summed E-state index contributed by atoms with van der Waals surface area (Å²) in [6.45, 7) is 9.51. The van der Waals surface area contributed by atoms with Gasteiger partial charge in [0.25, 0.3) is 5.91 Å². The van der Waals surface area contributed by atoms with Gasteiger partial charge in [-0.3, -0.25) is 9.59 Å². The van der Waals surface area contributed by atoms with E-state index in [1.807, 2.05) is 52.0 Å². The van der Waals surface area contributed by atoms with Crippen molar-refractivity contribution >= 4 is 39.3 Å². The van der Waals surface area contributed by atoms with Crippen molar-refractivity contribution in [1.82, 2.24) is 10.2 Å². The van der Waals surface area contributed by atoms with Gasteiger partial charge in [-0.25, -0.2) is 0 Å². The molecule has 2 amide bonds. The molecule has 5 nitrogen and oxygen atoms in total. The van der Waals surface area contributed by atoms with E-state index in [4.69, 9.17) is 16.3 Å². The molecule has 2 aromatic rings. The average molecular weight is 496 g/mol. The highest BCUT2D eigenvalue weighted by Crippen LogP contribution is 2.26. The van der Waals surface area contributed by atoms with E-state index in [1.165, 1.54) is 4.90 Å². The summed E-state index contributed by atoms with van der Waals surface area (Å²) >= 11 is 9.62. The molecular formula is C23H28BrClN2O3. The van der Waals surface area contributed by atoms with Gasteiger partial charge >= 0.3 is 0 Å². The third-order valence-corrected chi connectivity index (χ3v) is 6.10. The number of hydrogen-bond donors (Lipinski definition) is 1. The fourth-order valence-corrected chi connectivity index (χ4v) is 3.48. The Hall–Kier alpha value is -2.05. The normalized spacial score (nSPS) is 11.9. The van der Waals surface area contributed by atoms with E-state index in [1.54, 1.807) is 19.1 Å². The molecular weight excluding hydrogens is 468 g/mol. The number of halogens is 2. The molecule has 0 heterocycles. The van der Waals surface area contributed by atoms with E-state index in [2.05, 4.69) is 21.2 Å². The fraction of sp³-hybridized carbons (Fsp3) is 0.391. The van der Waals surface area contributed by atoms with Crippen LogP contribution in [0, 0.1) is 13.8 Å². The number of nitrogens with one attached hydrogen (secondary N) is 1. The number of ether oxygens (including phenoxy) is 1. The number of carbonyl (C=O) groups is 2. The lowest BCUT2D eigenvalue weighted by Gasteiger charge is -2.29. The molecule has 0 saturated heterocycles. The van der Waals surface area contributed by atoms with Crippen LogP contribution in [0.4, 0.5) is 0 Å². The van der Waals surface area contributed by atoms with Crippen LogP contribution in [0.3, 0.4) is 0 Å². The van der Waals surface area contributed by atoms with E-state index >= 15 is 0 Å². The summed E-state index contributed by atoms with van der Waals surface area (Å²) < 4.78 is 6.78. The molecule has 0 aliphatic carbocycles. The second kappa shape index (κ2) is 10.8. The fourth-order valence-electron chi connectivity index (χ4n) is 3.04. The lowest BCUT2D eigenvalue weighted by molar-refractivity contribution is -0.142. The van der Waals surface area contributed by atoms with Crippen LogP contribution >= 0.6 is 27.5 Å². The summed E-state index contributed by atoms with van der Waals surface area (Å²) in [7, 11) is 0. The smallest absolute Gasteiger partial charge is 0.261 e. The Morgan fingerprint density at radius 2 is 1.77 bits per heavy atom. The van der Waals surface area contributed by atoms with E-state index in [-0.39, 0.29) is 31.0 Å². The highest BCUT2D eigenvalue weighted by atomic mass is 79.9. The molecule has 1 atom stereocenters. The Balaban J connectivity index is 2.19. The summed E-state index contributed by atoms with van der Waals surface area (Å²) in [5.41, 5.74) is 2.89. The van der Waals surface area contributed by atoms with Crippen LogP contribution in [0.5, 0.6) is 5.75 Å². The summed E-state index contributed by atoms with van der Waals surface area (Å²) in [4.78, 5) is 27.1. The Morgan fingerprint density at radius 3 is 2.33 bits per heavy atom. The zero-order chi connectivity index (χ0) is 22.4. The van der Waals surface area contributed by atoms with E-state index < -0.39 is 6.04 Å². The van der Waals surface area contributed by atoms with Crippen molar-refractivity contribution < 1.29 is 14.3 Å². The molecule has 30 heavy (non-hydrogen) atoms. The molecule has 0 aliphatic heterocycles. The van der Waals surface area contributed by atoms with Gasteiger partial charge in [-0.05, 0) is 75.6 Å². The molecule has 0 spiro atoms. The molecule has 0 fully saturated rings. The van der Waals surface area contributed by atoms with Crippen LogP contribution in [0.2, 0.25) is 5.02 Å². The monoisotopic (exact) mass is 494 g/mol. The highest BCUT2D eigenvalue weighted by Gasteiger charge is 2.27. The molecule has 0 aliphatic rings.